The third-order valence-electron chi connectivity index (χ3n) is 4.34. The fourth-order valence-electron chi connectivity index (χ4n) is 2.71. The van der Waals surface area contributed by atoms with Gasteiger partial charge < -0.3 is 5.32 Å². The van der Waals surface area contributed by atoms with Gasteiger partial charge in [-0.25, -0.2) is 9.07 Å². The molecule has 0 radical (unpaired) electrons. The zero-order valence-electron chi connectivity index (χ0n) is 14.4. The van der Waals surface area contributed by atoms with E-state index in [-0.39, 0.29) is 11.6 Å². The molecule has 1 N–H and O–H groups in total. The number of rotatable bonds is 5. The summed E-state index contributed by atoms with van der Waals surface area (Å²) in [4.78, 5) is 24.3. The summed E-state index contributed by atoms with van der Waals surface area (Å²) < 4.78 is 52.9. The lowest BCUT2D eigenvalue weighted by Gasteiger charge is -2.16. The molecule has 1 fully saturated rings. The maximum atomic E-state index is 13.1. The number of aromatic nitrogens is 2. The highest BCUT2D eigenvalue weighted by atomic mass is 19.4. The van der Waals surface area contributed by atoms with Crippen molar-refractivity contribution in [3.8, 4) is 0 Å². The molecule has 0 aliphatic heterocycles. The van der Waals surface area contributed by atoms with Crippen LogP contribution in [0.5, 0.6) is 0 Å². The Morgan fingerprint density at radius 1 is 1.30 bits per heavy atom. The average Bonchev–Trinajstić information content (AvgIpc) is 3.41. The largest absolute Gasteiger partial charge is 0.421 e. The summed E-state index contributed by atoms with van der Waals surface area (Å²) in [5.74, 6) is -1.20. The van der Waals surface area contributed by atoms with E-state index in [9.17, 15) is 27.2 Å². The summed E-state index contributed by atoms with van der Waals surface area (Å²) in [7, 11) is 0. The van der Waals surface area contributed by atoms with Gasteiger partial charge in [0.2, 0.25) is 5.91 Å². The second kappa shape index (κ2) is 7.13. The van der Waals surface area contributed by atoms with Gasteiger partial charge in [-0.15, -0.1) is 0 Å². The fourth-order valence-corrected chi connectivity index (χ4v) is 2.71. The third-order valence-corrected chi connectivity index (χ3v) is 4.34. The molecule has 1 amide bonds. The van der Waals surface area contributed by atoms with Crippen molar-refractivity contribution in [2.45, 2.75) is 44.4 Å². The van der Waals surface area contributed by atoms with E-state index in [1.54, 1.807) is 6.92 Å². The average molecular weight is 383 g/mol. The molecule has 1 aromatic heterocycles. The molecule has 1 aromatic carbocycles. The topological polar surface area (TPSA) is 64.0 Å². The maximum absolute atomic E-state index is 13.1. The minimum Gasteiger partial charge on any atom is -0.348 e. The van der Waals surface area contributed by atoms with Gasteiger partial charge in [0, 0.05) is 5.92 Å². The van der Waals surface area contributed by atoms with Crippen molar-refractivity contribution in [3.05, 3.63) is 63.3 Å². The Bertz CT molecular complexity index is 902. The predicted molar refractivity (Wildman–Crippen MR) is 88.4 cm³/mol. The highest BCUT2D eigenvalue weighted by Crippen LogP contribution is 2.40. The Morgan fingerprint density at radius 2 is 1.93 bits per heavy atom. The number of alkyl halides is 3. The van der Waals surface area contributed by atoms with Crippen molar-refractivity contribution in [3.63, 3.8) is 0 Å². The van der Waals surface area contributed by atoms with Crippen molar-refractivity contribution in [2.75, 3.05) is 0 Å². The molecule has 2 aromatic rings. The summed E-state index contributed by atoms with van der Waals surface area (Å²) in [6.07, 6.45) is -3.41. The van der Waals surface area contributed by atoms with E-state index in [1.165, 1.54) is 24.3 Å². The summed E-state index contributed by atoms with van der Waals surface area (Å²) in [5.41, 5.74) is -1.88. The highest BCUT2D eigenvalue weighted by Gasteiger charge is 2.37. The summed E-state index contributed by atoms with van der Waals surface area (Å²) in [6.45, 7) is 1.01. The van der Waals surface area contributed by atoms with Gasteiger partial charge in [0.25, 0.3) is 5.56 Å². The van der Waals surface area contributed by atoms with Gasteiger partial charge in [-0.05, 0) is 43.5 Å². The Morgan fingerprint density at radius 3 is 2.48 bits per heavy atom. The molecular formula is C18H17F4N3O2. The number of hydrogen-bond acceptors (Lipinski definition) is 3. The molecule has 3 rings (SSSR count). The second-order valence-electron chi connectivity index (χ2n) is 6.56. The number of carbonyl (C=O) groups excluding carboxylic acids is 1. The van der Waals surface area contributed by atoms with Crippen LogP contribution in [-0.2, 0) is 17.5 Å². The van der Waals surface area contributed by atoms with Crippen LogP contribution in [0.2, 0.25) is 0 Å². The monoisotopic (exact) mass is 383 g/mol. The molecular weight excluding hydrogens is 366 g/mol. The number of halogens is 4. The summed E-state index contributed by atoms with van der Waals surface area (Å²) in [5, 5.41) is 6.51. The SMILES string of the molecule is CC(NC(=O)Cn1nc(C2CC2)cc(C(F)(F)F)c1=O)c1ccc(F)cc1. The Balaban J connectivity index is 1.79. The molecule has 27 heavy (non-hydrogen) atoms. The standard InChI is InChI=1S/C18H17F4N3O2/c1-10(11-4-6-13(19)7-5-11)23-16(26)9-25-17(27)14(18(20,21)22)8-15(24-25)12-2-3-12/h4-8,10,12H,2-3,9H2,1H3,(H,23,26). The van der Waals surface area contributed by atoms with Crippen molar-refractivity contribution in [1.82, 2.24) is 15.1 Å². The lowest BCUT2D eigenvalue weighted by molar-refractivity contribution is -0.139. The molecule has 1 aliphatic rings. The minimum absolute atomic E-state index is 0.112. The third kappa shape index (κ3) is 4.53. The molecule has 1 saturated carbocycles. The number of benzene rings is 1. The first-order valence-corrected chi connectivity index (χ1v) is 8.39. The lowest BCUT2D eigenvalue weighted by Crippen LogP contribution is -2.38. The quantitative estimate of drug-likeness (QED) is 0.807. The fraction of sp³-hybridized carbons (Fsp3) is 0.389. The highest BCUT2D eigenvalue weighted by molar-refractivity contribution is 5.76. The zero-order chi connectivity index (χ0) is 19.8. The van der Waals surface area contributed by atoms with Crippen LogP contribution in [0.1, 0.15) is 48.5 Å². The van der Waals surface area contributed by atoms with Gasteiger partial charge in [-0.1, -0.05) is 12.1 Å². The molecule has 144 valence electrons. The number of hydrogen-bond donors (Lipinski definition) is 1. The van der Waals surface area contributed by atoms with Gasteiger partial charge in [-0.2, -0.15) is 18.3 Å². The number of nitrogens with one attached hydrogen (secondary N) is 1. The van der Waals surface area contributed by atoms with Crippen LogP contribution in [0.25, 0.3) is 0 Å². The van der Waals surface area contributed by atoms with Crippen molar-refractivity contribution in [1.29, 1.82) is 0 Å². The van der Waals surface area contributed by atoms with Crippen LogP contribution in [0.15, 0.2) is 35.1 Å². The molecule has 1 atom stereocenters. The van der Waals surface area contributed by atoms with E-state index in [0.717, 1.165) is 6.07 Å². The zero-order valence-corrected chi connectivity index (χ0v) is 14.4. The van der Waals surface area contributed by atoms with Crippen molar-refractivity contribution >= 4 is 5.91 Å². The first-order valence-electron chi connectivity index (χ1n) is 8.39. The van der Waals surface area contributed by atoms with Crippen LogP contribution in [0, 0.1) is 5.82 Å². The first kappa shape index (κ1) is 19.1. The molecule has 0 saturated heterocycles. The van der Waals surface area contributed by atoms with Crippen LogP contribution in [-0.4, -0.2) is 15.7 Å². The van der Waals surface area contributed by atoms with Crippen molar-refractivity contribution < 1.29 is 22.4 Å². The molecule has 1 heterocycles. The molecule has 0 spiro atoms. The Hall–Kier alpha value is -2.71. The van der Waals surface area contributed by atoms with E-state index in [4.69, 9.17) is 0 Å². The molecule has 1 unspecified atom stereocenters. The number of amides is 1. The van der Waals surface area contributed by atoms with E-state index < -0.39 is 41.6 Å². The maximum Gasteiger partial charge on any atom is 0.421 e. The smallest absolute Gasteiger partial charge is 0.348 e. The minimum atomic E-state index is -4.82. The molecule has 9 heteroatoms. The second-order valence-corrected chi connectivity index (χ2v) is 6.56. The van der Waals surface area contributed by atoms with E-state index >= 15 is 0 Å². The summed E-state index contributed by atoms with van der Waals surface area (Å²) in [6, 6.07) is 5.70. The first-order chi connectivity index (χ1) is 12.6. The van der Waals surface area contributed by atoms with Gasteiger partial charge in [0.05, 0.1) is 11.7 Å². The van der Waals surface area contributed by atoms with Crippen molar-refractivity contribution in [2.24, 2.45) is 0 Å². The predicted octanol–water partition coefficient (Wildman–Crippen LogP) is 3.16. The van der Waals surface area contributed by atoms with Gasteiger partial charge in [0.15, 0.2) is 0 Å². The number of carbonyl (C=O) groups is 1. The number of nitrogens with zero attached hydrogens (tertiary/aromatic N) is 2. The van der Waals surface area contributed by atoms with E-state index in [1.807, 2.05) is 0 Å². The summed E-state index contributed by atoms with van der Waals surface area (Å²) >= 11 is 0. The van der Waals surface area contributed by atoms with E-state index in [0.29, 0.717) is 23.1 Å². The van der Waals surface area contributed by atoms with Crippen LogP contribution in [0.4, 0.5) is 17.6 Å². The molecule has 0 bridgehead atoms. The van der Waals surface area contributed by atoms with Gasteiger partial charge >= 0.3 is 6.18 Å². The van der Waals surface area contributed by atoms with Crippen LogP contribution >= 0.6 is 0 Å². The lowest BCUT2D eigenvalue weighted by atomic mass is 10.1. The van der Waals surface area contributed by atoms with Gasteiger partial charge in [-0.3, -0.25) is 9.59 Å². The molecule has 5 nitrogen and oxygen atoms in total. The molecule has 1 aliphatic carbocycles. The van der Waals surface area contributed by atoms with E-state index in [2.05, 4.69) is 10.4 Å². The van der Waals surface area contributed by atoms with Crippen LogP contribution < -0.4 is 10.9 Å². The van der Waals surface area contributed by atoms with Gasteiger partial charge in [0.1, 0.15) is 17.9 Å². The Kier molecular flexibility index (Phi) is 5.03. The Labute approximate surface area is 152 Å². The normalized spacial score (nSPS) is 15.4. The van der Waals surface area contributed by atoms with Crippen LogP contribution in [0.3, 0.4) is 0 Å².